The molecule has 0 atom stereocenters. The molecule has 1 heterocycles. The van der Waals surface area contributed by atoms with Crippen LogP contribution >= 0.6 is 0 Å². The zero-order valence-electron chi connectivity index (χ0n) is 12.1. The summed E-state index contributed by atoms with van der Waals surface area (Å²) in [6.45, 7) is 10.7. The Hall–Kier alpha value is -1.19. The summed E-state index contributed by atoms with van der Waals surface area (Å²) in [5, 5.41) is 4.54. The fourth-order valence-electron chi connectivity index (χ4n) is 2.35. The van der Waals surface area contributed by atoms with Crippen molar-refractivity contribution in [2.45, 2.75) is 59.5 Å². The summed E-state index contributed by atoms with van der Waals surface area (Å²) in [5.74, 6) is 1.88. The summed E-state index contributed by atoms with van der Waals surface area (Å²) in [6, 6.07) is 0.687. The van der Waals surface area contributed by atoms with Crippen LogP contribution in [0.25, 0.3) is 0 Å². The third-order valence-electron chi connectivity index (χ3n) is 3.65. The second-order valence-corrected chi connectivity index (χ2v) is 5.75. The molecule has 1 fully saturated rings. The van der Waals surface area contributed by atoms with E-state index in [1.54, 1.807) is 0 Å². The van der Waals surface area contributed by atoms with E-state index in [-0.39, 0.29) is 0 Å². The molecule has 1 aliphatic rings. The fraction of sp³-hybridized carbons (Fsp3) is 0.786. The molecule has 2 N–H and O–H groups in total. The van der Waals surface area contributed by atoms with E-state index in [1.807, 2.05) is 6.92 Å². The van der Waals surface area contributed by atoms with Crippen molar-refractivity contribution in [1.29, 1.82) is 0 Å². The van der Waals surface area contributed by atoms with Gasteiger partial charge in [-0.05, 0) is 39.0 Å². The fourth-order valence-corrected chi connectivity index (χ4v) is 2.35. The molecule has 4 nitrogen and oxygen atoms in total. The molecule has 0 aromatic carbocycles. The molecule has 0 radical (unpaired) electrons. The molecule has 1 aromatic heterocycles. The first-order valence-corrected chi connectivity index (χ1v) is 7.14. The SMILES string of the molecule is CCn1nc(C)c(N)c1N(CCC(C)C)C1CC1. The Morgan fingerprint density at radius 3 is 2.61 bits per heavy atom. The molecule has 0 aliphatic heterocycles. The molecular weight excluding hydrogens is 224 g/mol. The summed E-state index contributed by atoms with van der Waals surface area (Å²) in [4.78, 5) is 2.48. The van der Waals surface area contributed by atoms with E-state index < -0.39 is 0 Å². The van der Waals surface area contributed by atoms with E-state index >= 15 is 0 Å². The van der Waals surface area contributed by atoms with Gasteiger partial charge in [-0.3, -0.25) is 0 Å². The van der Waals surface area contributed by atoms with Crippen molar-refractivity contribution in [1.82, 2.24) is 9.78 Å². The van der Waals surface area contributed by atoms with Crippen molar-refractivity contribution in [2.24, 2.45) is 5.92 Å². The molecule has 4 heteroatoms. The van der Waals surface area contributed by atoms with E-state index in [0.717, 1.165) is 36.2 Å². The second-order valence-electron chi connectivity index (χ2n) is 5.75. The van der Waals surface area contributed by atoms with Crippen LogP contribution < -0.4 is 10.6 Å². The Labute approximate surface area is 110 Å². The predicted molar refractivity (Wildman–Crippen MR) is 76.9 cm³/mol. The highest BCUT2D eigenvalue weighted by Gasteiger charge is 2.32. The highest BCUT2D eigenvalue weighted by Crippen LogP contribution is 2.36. The van der Waals surface area contributed by atoms with Crippen LogP contribution in [-0.2, 0) is 6.54 Å². The summed E-state index contributed by atoms with van der Waals surface area (Å²) in [6.07, 6.45) is 3.81. The van der Waals surface area contributed by atoms with E-state index in [4.69, 9.17) is 5.73 Å². The first-order valence-electron chi connectivity index (χ1n) is 7.14. The number of rotatable bonds is 6. The Bertz CT molecular complexity index is 404. The van der Waals surface area contributed by atoms with Crippen LogP contribution in [0.4, 0.5) is 11.5 Å². The Balaban J connectivity index is 2.24. The summed E-state index contributed by atoms with van der Waals surface area (Å²) in [5.41, 5.74) is 8.06. The van der Waals surface area contributed by atoms with Crippen LogP contribution in [0.5, 0.6) is 0 Å². The Kier molecular flexibility index (Phi) is 3.83. The molecular formula is C14H26N4. The predicted octanol–water partition coefficient (Wildman–Crippen LogP) is 2.81. The smallest absolute Gasteiger partial charge is 0.150 e. The number of hydrogen-bond donors (Lipinski definition) is 1. The number of aryl methyl sites for hydroxylation is 2. The number of anilines is 2. The number of aromatic nitrogens is 2. The molecule has 18 heavy (non-hydrogen) atoms. The van der Waals surface area contributed by atoms with Gasteiger partial charge in [-0.15, -0.1) is 0 Å². The highest BCUT2D eigenvalue weighted by atomic mass is 15.4. The first-order chi connectivity index (χ1) is 8.54. The largest absolute Gasteiger partial charge is 0.394 e. The lowest BCUT2D eigenvalue weighted by molar-refractivity contribution is 0.554. The van der Waals surface area contributed by atoms with E-state index in [0.29, 0.717) is 6.04 Å². The van der Waals surface area contributed by atoms with Gasteiger partial charge in [-0.2, -0.15) is 5.10 Å². The van der Waals surface area contributed by atoms with Gasteiger partial charge in [-0.1, -0.05) is 13.8 Å². The van der Waals surface area contributed by atoms with Crippen molar-refractivity contribution >= 4 is 11.5 Å². The molecule has 0 spiro atoms. The third-order valence-corrected chi connectivity index (χ3v) is 3.65. The van der Waals surface area contributed by atoms with Gasteiger partial charge in [0, 0.05) is 19.1 Å². The standard InChI is InChI=1S/C14H26N4/c1-5-18-14(13(15)11(4)16-18)17(12-6-7-12)9-8-10(2)3/h10,12H,5-9,15H2,1-4H3. The number of nitrogens with zero attached hydrogens (tertiary/aromatic N) is 3. The van der Waals surface area contributed by atoms with Crippen molar-refractivity contribution in [2.75, 3.05) is 17.2 Å². The zero-order valence-corrected chi connectivity index (χ0v) is 12.1. The van der Waals surface area contributed by atoms with Gasteiger partial charge in [0.25, 0.3) is 0 Å². The van der Waals surface area contributed by atoms with Crippen molar-refractivity contribution in [3.8, 4) is 0 Å². The van der Waals surface area contributed by atoms with E-state index in [1.165, 1.54) is 19.3 Å². The number of nitrogens with two attached hydrogens (primary N) is 1. The minimum atomic E-state index is 0.687. The van der Waals surface area contributed by atoms with Crippen LogP contribution in [-0.4, -0.2) is 22.4 Å². The van der Waals surface area contributed by atoms with Crippen molar-refractivity contribution in [3.05, 3.63) is 5.69 Å². The lowest BCUT2D eigenvalue weighted by atomic mass is 10.1. The minimum Gasteiger partial charge on any atom is -0.394 e. The van der Waals surface area contributed by atoms with Crippen LogP contribution in [0.15, 0.2) is 0 Å². The van der Waals surface area contributed by atoms with Gasteiger partial charge in [-0.25, -0.2) is 4.68 Å². The maximum Gasteiger partial charge on any atom is 0.150 e. The third kappa shape index (κ3) is 2.62. The van der Waals surface area contributed by atoms with Gasteiger partial charge >= 0.3 is 0 Å². The van der Waals surface area contributed by atoms with E-state index in [2.05, 4.69) is 35.5 Å². The topological polar surface area (TPSA) is 47.1 Å². The first kappa shape index (κ1) is 13.2. The van der Waals surface area contributed by atoms with Gasteiger partial charge < -0.3 is 10.6 Å². The molecule has 0 saturated heterocycles. The van der Waals surface area contributed by atoms with Gasteiger partial charge in [0.2, 0.25) is 0 Å². The molecule has 1 aromatic rings. The summed E-state index contributed by atoms with van der Waals surface area (Å²) < 4.78 is 2.06. The maximum atomic E-state index is 6.23. The monoisotopic (exact) mass is 250 g/mol. The average molecular weight is 250 g/mol. The average Bonchev–Trinajstić information content (AvgIpc) is 3.10. The molecule has 0 bridgehead atoms. The number of hydrogen-bond acceptors (Lipinski definition) is 3. The quantitative estimate of drug-likeness (QED) is 0.844. The maximum absolute atomic E-state index is 6.23. The van der Waals surface area contributed by atoms with Gasteiger partial charge in [0.1, 0.15) is 0 Å². The van der Waals surface area contributed by atoms with Crippen LogP contribution in [0, 0.1) is 12.8 Å². The normalized spacial score (nSPS) is 15.4. The highest BCUT2D eigenvalue weighted by molar-refractivity contribution is 5.67. The number of nitrogen functional groups attached to an aromatic ring is 1. The molecule has 1 aliphatic carbocycles. The second kappa shape index (κ2) is 5.21. The van der Waals surface area contributed by atoms with Crippen LogP contribution in [0.1, 0.15) is 45.7 Å². The van der Waals surface area contributed by atoms with Gasteiger partial charge in [0.05, 0.1) is 11.4 Å². The Morgan fingerprint density at radius 2 is 2.11 bits per heavy atom. The lowest BCUT2D eigenvalue weighted by Crippen LogP contribution is -2.30. The van der Waals surface area contributed by atoms with Crippen LogP contribution in [0.3, 0.4) is 0 Å². The minimum absolute atomic E-state index is 0.687. The van der Waals surface area contributed by atoms with E-state index in [9.17, 15) is 0 Å². The summed E-state index contributed by atoms with van der Waals surface area (Å²) >= 11 is 0. The van der Waals surface area contributed by atoms with Gasteiger partial charge in [0.15, 0.2) is 5.82 Å². The molecule has 0 amide bonds. The molecule has 1 saturated carbocycles. The van der Waals surface area contributed by atoms with Crippen LogP contribution in [0.2, 0.25) is 0 Å². The molecule has 102 valence electrons. The molecule has 2 rings (SSSR count). The summed E-state index contributed by atoms with van der Waals surface area (Å²) in [7, 11) is 0. The lowest BCUT2D eigenvalue weighted by Gasteiger charge is -2.26. The Morgan fingerprint density at radius 1 is 1.44 bits per heavy atom. The zero-order chi connectivity index (χ0) is 13.3. The van der Waals surface area contributed by atoms with Crippen molar-refractivity contribution < 1.29 is 0 Å². The molecule has 0 unspecified atom stereocenters. The van der Waals surface area contributed by atoms with Crippen molar-refractivity contribution in [3.63, 3.8) is 0 Å².